The molecule has 0 radical (unpaired) electrons. The van der Waals surface area contributed by atoms with Crippen molar-refractivity contribution in [1.29, 1.82) is 0 Å². The molecule has 0 amide bonds. The molecule has 172 valence electrons. The molecule has 0 spiro atoms. The van der Waals surface area contributed by atoms with Gasteiger partial charge in [0.25, 0.3) is 0 Å². The molecule has 2 aliphatic rings. The van der Waals surface area contributed by atoms with Crippen LogP contribution in [0.3, 0.4) is 0 Å². The maximum atomic E-state index is 6.28. The molecule has 2 aromatic carbocycles. The largest absolute Gasteiger partial charge is 0.743 e. The summed E-state index contributed by atoms with van der Waals surface area (Å²) in [4.78, 5) is 5.00. The predicted octanol–water partition coefficient (Wildman–Crippen LogP) is 7.17. The van der Waals surface area contributed by atoms with Crippen LogP contribution in [0, 0.1) is 0 Å². The van der Waals surface area contributed by atoms with Crippen LogP contribution in [-0.2, 0) is 0 Å². The van der Waals surface area contributed by atoms with Crippen LogP contribution in [0.5, 0.6) is 11.5 Å². The van der Waals surface area contributed by atoms with Crippen molar-refractivity contribution in [2.45, 2.75) is 31.7 Å². The summed E-state index contributed by atoms with van der Waals surface area (Å²) in [5.74, 6) is 3.62. The van der Waals surface area contributed by atoms with Gasteiger partial charge in [0.05, 0.1) is 15.8 Å². The third-order valence-electron chi connectivity index (χ3n) is 5.49. The monoisotopic (exact) mass is 486 g/mol. The van der Waals surface area contributed by atoms with E-state index in [4.69, 9.17) is 14.3 Å². The van der Waals surface area contributed by atoms with Crippen LogP contribution in [0.4, 0.5) is 0 Å². The SMILES string of the molecule is CCCSC1=NC(=C(c2ccccc2)c2ccc(SCCC)n2B2Oc3ccccc3O2)C=C1. The van der Waals surface area contributed by atoms with Gasteiger partial charge in [-0.1, -0.05) is 56.3 Å². The van der Waals surface area contributed by atoms with Gasteiger partial charge in [-0.2, -0.15) is 0 Å². The summed E-state index contributed by atoms with van der Waals surface area (Å²) in [7, 11) is -0.565. The van der Waals surface area contributed by atoms with Crippen molar-refractivity contribution >= 4 is 41.4 Å². The van der Waals surface area contributed by atoms with Crippen LogP contribution < -0.4 is 9.31 Å². The fourth-order valence-electron chi connectivity index (χ4n) is 3.97. The lowest BCUT2D eigenvalue weighted by Gasteiger charge is -2.17. The van der Waals surface area contributed by atoms with E-state index >= 15 is 0 Å². The second kappa shape index (κ2) is 10.7. The normalized spacial score (nSPS) is 15.7. The maximum Gasteiger partial charge on any atom is 0.743 e. The number of allylic oxidation sites excluding steroid dienone is 1. The minimum atomic E-state index is -0.565. The zero-order chi connectivity index (χ0) is 23.3. The van der Waals surface area contributed by atoms with E-state index in [2.05, 4.69) is 66.9 Å². The number of fused-ring (bicyclic) bond motifs is 1. The molecule has 0 bridgehead atoms. The molecule has 0 N–H and O–H groups in total. The lowest BCUT2D eigenvalue weighted by atomic mass is 9.98. The Hall–Kier alpha value is -2.77. The summed E-state index contributed by atoms with van der Waals surface area (Å²) in [5, 5.41) is 2.18. The second-order valence-corrected chi connectivity index (χ2v) is 10.3. The van der Waals surface area contributed by atoms with Crippen molar-refractivity contribution in [3.8, 4) is 11.5 Å². The Morgan fingerprint density at radius 1 is 0.824 bits per heavy atom. The highest BCUT2D eigenvalue weighted by atomic mass is 32.2. The molecule has 3 aromatic rings. The van der Waals surface area contributed by atoms with E-state index in [0.717, 1.165) is 68.4 Å². The molecule has 3 heterocycles. The van der Waals surface area contributed by atoms with Crippen molar-refractivity contribution in [2.75, 3.05) is 11.5 Å². The van der Waals surface area contributed by atoms with Gasteiger partial charge < -0.3 is 13.8 Å². The fourth-order valence-corrected chi connectivity index (χ4v) is 5.61. The van der Waals surface area contributed by atoms with Gasteiger partial charge in [0.2, 0.25) is 0 Å². The van der Waals surface area contributed by atoms with Crippen molar-refractivity contribution in [3.05, 3.63) is 95.8 Å². The Bertz CT molecular complexity index is 1230. The number of thioether (sulfide) groups is 2. The first-order valence-corrected chi connectivity index (χ1v) is 13.7. The predicted molar refractivity (Wildman–Crippen MR) is 146 cm³/mol. The van der Waals surface area contributed by atoms with E-state index in [1.165, 1.54) is 0 Å². The molecule has 0 fully saturated rings. The Morgan fingerprint density at radius 3 is 2.21 bits per heavy atom. The first-order chi connectivity index (χ1) is 16.8. The van der Waals surface area contributed by atoms with Crippen LogP contribution in [0.2, 0.25) is 0 Å². The number of aliphatic imine (C=N–C) groups is 1. The zero-order valence-electron chi connectivity index (χ0n) is 19.4. The molecule has 0 saturated heterocycles. The van der Waals surface area contributed by atoms with E-state index in [1.807, 2.05) is 42.1 Å². The van der Waals surface area contributed by atoms with Gasteiger partial charge in [-0.25, -0.2) is 4.99 Å². The first kappa shape index (κ1) is 23.0. The van der Waals surface area contributed by atoms with Crippen LogP contribution in [0.25, 0.3) is 5.57 Å². The summed E-state index contributed by atoms with van der Waals surface area (Å²) in [5.41, 5.74) is 4.20. The molecule has 0 aliphatic carbocycles. The minimum Gasteiger partial charge on any atom is -0.503 e. The lowest BCUT2D eigenvalue weighted by Crippen LogP contribution is -2.36. The van der Waals surface area contributed by atoms with E-state index in [-0.39, 0.29) is 0 Å². The highest BCUT2D eigenvalue weighted by molar-refractivity contribution is 8.14. The molecule has 0 saturated carbocycles. The summed E-state index contributed by atoms with van der Waals surface area (Å²) >= 11 is 3.62. The number of rotatable bonds is 8. The zero-order valence-corrected chi connectivity index (χ0v) is 21.1. The molecular weight excluding hydrogens is 459 g/mol. The molecule has 1 aromatic heterocycles. The smallest absolute Gasteiger partial charge is 0.503 e. The van der Waals surface area contributed by atoms with Crippen LogP contribution in [0.15, 0.2) is 94.6 Å². The highest BCUT2D eigenvalue weighted by Crippen LogP contribution is 2.39. The van der Waals surface area contributed by atoms with E-state index in [9.17, 15) is 0 Å². The number of aromatic nitrogens is 1. The van der Waals surface area contributed by atoms with Gasteiger partial charge in [-0.15, -0.1) is 23.5 Å². The number of hydrogen-bond acceptors (Lipinski definition) is 5. The Kier molecular flexibility index (Phi) is 7.21. The van der Waals surface area contributed by atoms with Gasteiger partial charge in [-0.3, -0.25) is 0 Å². The number of para-hydroxylation sites is 2. The summed E-state index contributed by atoms with van der Waals surface area (Å²) in [6.45, 7) is 4.39. The van der Waals surface area contributed by atoms with Gasteiger partial charge in [0, 0.05) is 11.3 Å². The third-order valence-corrected chi connectivity index (χ3v) is 7.87. The first-order valence-electron chi connectivity index (χ1n) is 11.7. The van der Waals surface area contributed by atoms with E-state index in [1.54, 1.807) is 11.8 Å². The quantitative estimate of drug-likeness (QED) is 0.250. The van der Waals surface area contributed by atoms with Gasteiger partial charge >= 0.3 is 7.25 Å². The summed E-state index contributed by atoms with van der Waals surface area (Å²) in [6, 6.07) is 22.7. The third kappa shape index (κ3) is 4.72. The maximum absolute atomic E-state index is 6.28. The van der Waals surface area contributed by atoms with Crippen molar-refractivity contribution in [1.82, 2.24) is 4.48 Å². The molecule has 0 atom stereocenters. The average Bonchev–Trinajstić information content (AvgIpc) is 3.60. The molecular formula is C27H27BN2O2S2. The Morgan fingerprint density at radius 2 is 1.50 bits per heavy atom. The van der Waals surface area contributed by atoms with Crippen LogP contribution >= 0.6 is 23.5 Å². The molecule has 7 heteroatoms. The molecule has 34 heavy (non-hydrogen) atoms. The lowest BCUT2D eigenvalue weighted by molar-refractivity contribution is 0.473. The average molecular weight is 486 g/mol. The molecule has 5 rings (SSSR count). The molecule has 0 unspecified atom stereocenters. The van der Waals surface area contributed by atoms with Crippen molar-refractivity contribution in [3.63, 3.8) is 0 Å². The molecule has 4 nitrogen and oxygen atoms in total. The van der Waals surface area contributed by atoms with Crippen LogP contribution in [0.1, 0.15) is 37.9 Å². The van der Waals surface area contributed by atoms with Gasteiger partial charge in [-0.05, 0) is 66.3 Å². The minimum absolute atomic E-state index is 0.565. The topological polar surface area (TPSA) is 35.8 Å². The number of benzene rings is 2. The number of nitrogens with zero attached hydrogens (tertiary/aromatic N) is 2. The summed E-state index contributed by atoms with van der Waals surface area (Å²) in [6.07, 6.45) is 6.47. The second-order valence-electron chi connectivity index (χ2n) is 8.02. The molecule has 2 aliphatic heterocycles. The number of hydrogen-bond donors (Lipinski definition) is 0. The summed E-state index contributed by atoms with van der Waals surface area (Å²) < 4.78 is 14.7. The van der Waals surface area contributed by atoms with Gasteiger partial charge in [0.1, 0.15) is 11.5 Å². The van der Waals surface area contributed by atoms with Crippen molar-refractivity contribution < 1.29 is 9.31 Å². The Balaban J connectivity index is 1.63. The van der Waals surface area contributed by atoms with E-state index in [0.29, 0.717) is 0 Å². The van der Waals surface area contributed by atoms with E-state index < -0.39 is 7.25 Å². The standard InChI is InChI=1S/C27H27BN2O2S2/c1-3-18-33-25-16-14-21(29-25)27(20-10-6-5-7-11-20)22-15-17-26(34-19-4-2)30(22)28-31-23-12-8-9-13-24(23)32-28/h5-17H,3-4,18-19H2,1-2H3. The van der Waals surface area contributed by atoms with Crippen LogP contribution in [-0.4, -0.2) is 28.3 Å². The fraction of sp³-hybridized carbons (Fsp3) is 0.222. The Labute approximate surface area is 210 Å². The highest BCUT2D eigenvalue weighted by Gasteiger charge is 2.39. The van der Waals surface area contributed by atoms with Gasteiger partial charge in [0.15, 0.2) is 0 Å². The van der Waals surface area contributed by atoms with Crippen molar-refractivity contribution in [2.24, 2.45) is 4.99 Å².